The van der Waals surface area contributed by atoms with Gasteiger partial charge in [-0.3, -0.25) is 4.68 Å². The van der Waals surface area contributed by atoms with E-state index in [0.717, 1.165) is 22.8 Å². The lowest BCUT2D eigenvalue weighted by molar-refractivity contribution is 0.767. The molecule has 0 saturated carbocycles. The third kappa shape index (κ3) is 2.22. The lowest BCUT2D eigenvalue weighted by atomic mass is 10.3. The van der Waals surface area contributed by atoms with Crippen LogP contribution >= 0.6 is 0 Å². The predicted molar refractivity (Wildman–Crippen MR) is 73.1 cm³/mol. The molecule has 3 aromatic rings. The molecule has 7 nitrogen and oxygen atoms in total. The van der Waals surface area contributed by atoms with Crippen LogP contribution in [0.5, 0.6) is 0 Å². The molecule has 98 valence electrons. The molecule has 0 radical (unpaired) electrons. The Morgan fingerprint density at radius 2 is 2.21 bits per heavy atom. The summed E-state index contributed by atoms with van der Waals surface area (Å²) in [6.07, 6.45) is 9.35. The molecule has 0 spiro atoms. The van der Waals surface area contributed by atoms with Gasteiger partial charge in [-0.15, -0.1) is 0 Å². The third-order valence-corrected chi connectivity index (χ3v) is 2.85. The number of nitrogens with zero attached hydrogens (tertiary/aromatic N) is 5. The summed E-state index contributed by atoms with van der Waals surface area (Å²) in [4.78, 5) is 8.78. The highest BCUT2D eigenvalue weighted by Gasteiger charge is 2.07. The number of imidazole rings is 1. The second-order valence-corrected chi connectivity index (χ2v) is 4.26. The molecule has 0 fully saturated rings. The monoisotopic (exact) mass is 257 g/mol. The van der Waals surface area contributed by atoms with Gasteiger partial charge in [-0.05, 0) is 0 Å². The molecular formula is C12H15N7. The van der Waals surface area contributed by atoms with E-state index in [4.69, 9.17) is 0 Å². The van der Waals surface area contributed by atoms with Gasteiger partial charge in [0, 0.05) is 44.8 Å². The maximum Gasteiger partial charge on any atom is 0.180 e. The van der Waals surface area contributed by atoms with Crippen LogP contribution in [0.4, 0.5) is 11.6 Å². The van der Waals surface area contributed by atoms with Gasteiger partial charge in [0.25, 0.3) is 0 Å². The van der Waals surface area contributed by atoms with E-state index in [-0.39, 0.29) is 0 Å². The SMILES string of the molecule is CNc1cn2ccnc2c(NCc2cnn(C)c2)n1. The van der Waals surface area contributed by atoms with Gasteiger partial charge in [-0.25, -0.2) is 9.97 Å². The first-order valence-electron chi connectivity index (χ1n) is 5.99. The zero-order chi connectivity index (χ0) is 13.2. The zero-order valence-corrected chi connectivity index (χ0v) is 10.8. The molecule has 0 bridgehead atoms. The summed E-state index contributed by atoms with van der Waals surface area (Å²) in [5, 5.41) is 10.5. The summed E-state index contributed by atoms with van der Waals surface area (Å²) in [5.74, 6) is 1.54. The summed E-state index contributed by atoms with van der Waals surface area (Å²) < 4.78 is 3.71. The number of nitrogens with one attached hydrogen (secondary N) is 2. The van der Waals surface area contributed by atoms with Crippen molar-refractivity contribution >= 4 is 17.3 Å². The van der Waals surface area contributed by atoms with E-state index >= 15 is 0 Å². The van der Waals surface area contributed by atoms with E-state index in [1.807, 2.05) is 43.3 Å². The number of aromatic nitrogens is 5. The quantitative estimate of drug-likeness (QED) is 0.732. The number of aryl methyl sites for hydroxylation is 1. The maximum absolute atomic E-state index is 4.48. The van der Waals surface area contributed by atoms with Crippen molar-refractivity contribution in [3.8, 4) is 0 Å². The highest BCUT2D eigenvalue weighted by molar-refractivity contribution is 5.65. The number of hydrogen-bond acceptors (Lipinski definition) is 5. The summed E-state index contributed by atoms with van der Waals surface area (Å²) in [6, 6.07) is 0. The van der Waals surface area contributed by atoms with E-state index in [2.05, 4.69) is 25.7 Å². The van der Waals surface area contributed by atoms with Gasteiger partial charge in [-0.1, -0.05) is 0 Å². The van der Waals surface area contributed by atoms with Crippen molar-refractivity contribution < 1.29 is 0 Å². The van der Waals surface area contributed by atoms with Crippen molar-refractivity contribution in [2.24, 2.45) is 7.05 Å². The standard InChI is InChI=1S/C12H15N7/c1-13-10-8-19-4-3-14-12(19)11(17-10)15-5-9-6-16-18(2)7-9/h3-4,6-8,13H,5H2,1-2H3,(H,15,17). The van der Waals surface area contributed by atoms with Crippen LogP contribution in [0, 0.1) is 0 Å². The summed E-state index contributed by atoms with van der Waals surface area (Å²) in [6.45, 7) is 0.663. The lowest BCUT2D eigenvalue weighted by Crippen LogP contribution is -2.05. The van der Waals surface area contributed by atoms with Gasteiger partial charge >= 0.3 is 0 Å². The summed E-state index contributed by atoms with van der Waals surface area (Å²) in [5.41, 5.74) is 1.91. The molecule has 0 unspecified atom stereocenters. The van der Waals surface area contributed by atoms with Gasteiger partial charge in [-0.2, -0.15) is 5.10 Å². The molecule has 0 aliphatic heterocycles. The zero-order valence-electron chi connectivity index (χ0n) is 10.8. The van der Waals surface area contributed by atoms with Crippen LogP contribution in [0.3, 0.4) is 0 Å². The number of hydrogen-bond donors (Lipinski definition) is 2. The van der Waals surface area contributed by atoms with E-state index in [0.29, 0.717) is 6.54 Å². The molecule has 0 amide bonds. The van der Waals surface area contributed by atoms with Crippen LogP contribution in [0.15, 0.2) is 31.0 Å². The lowest BCUT2D eigenvalue weighted by Gasteiger charge is -2.08. The first-order chi connectivity index (χ1) is 9.26. The molecule has 3 heterocycles. The number of anilines is 2. The Labute approximate surface area is 110 Å². The second-order valence-electron chi connectivity index (χ2n) is 4.26. The summed E-state index contributed by atoms with van der Waals surface area (Å²) >= 11 is 0. The number of fused-ring (bicyclic) bond motifs is 1. The fourth-order valence-electron chi connectivity index (χ4n) is 1.92. The van der Waals surface area contributed by atoms with Crippen LogP contribution in [0.2, 0.25) is 0 Å². The molecule has 3 aromatic heterocycles. The molecule has 0 aliphatic carbocycles. The molecule has 0 aromatic carbocycles. The van der Waals surface area contributed by atoms with Gasteiger partial charge < -0.3 is 15.0 Å². The minimum atomic E-state index is 0.663. The number of rotatable bonds is 4. The van der Waals surface area contributed by atoms with Crippen LogP contribution in [0.25, 0.3) is 5.65 Å². The van der Waals surface area contributed by atoms with Crippen molar-refractivity contribution in [3.63, 3.8) is 0 Å². The van der Waals surface area contributed by atoms with Crippen molar-refractivity contribution in [1.82, 2.24) is 24.1 Å². The third-order valence-electron chi connectivity index (χ3n) is 2.85. The Bertz CT molecular complexity index is 697. The minimum Gasteiger partial charge on any atom is -0.372 e. The molecule has 0 atom stereocenters. The Kier molecular flexibility index (Phi) is 2.79. The van der Waals surface area contributed by atoms with Gasteiger partial charge in [0.1, 0.15) is 5.82 Å². The highest BCUT2D eigenvalue weighted by atomic mass is 15.2. The average molecular weight is 257 g/mol. The predicted octanol–water partition coefficient (Wildman–Crippen LogP) is 1.12. The molecule has 19 heavy (non-hydrogen) atoms. The van der Waals surface area contributed by atoms with Gasteiger partial charge in [0.05, 0.1) is 12.4 Å². The molecule has 3 rings (SSSR count). The largest absolute Gasteiger partial charge is 0.372 e. The minimum absolute atomic E-state index is 0.663. The van der Waals surface area contributed by atoms with E-state index in [9.17, 15) is 0 Å². The first kappa shape index (κ1) is 11.5. The maximum atomic E-state index is 4.48. The Hall–Kier alpha value is -2.57. The van der Waals surface area contributed by atoms with Crippen LogP contribution < -0.4 is 10.6 Å². The van der Waals surface area contributed by atoms with Crippen LogP contribution in [-0.4, -0.2) is 31.2 Å². The van der Waals surface area contributed by atoms with Crippen LogP contribution in [-0.2, 0) is 13.6 Å². The smallest absolute Gasteiger partial charge is 0.180 e. The van der Waals surface area contributed by atoms with E-state index in [1.165, 1.54) is 0 Å². The highest BCUT2D eigenvalue weighted by Crippen LogP contribution is 2.16. The van der Waals surface area contributed by atoms with Crippen molar-refractivity contribution in [1.29, 1.82) is 0 Å². The Morgan fingerprint density at radius 3 is 2.95 bits per heavy atom. The molecular weight excluding hydrogens is 242 g/mol. The van der Waals surface area contributed by atoms with Crippen LogP contribution in [0.1, 0.15) is 5.56 Å². The second kappa shape index (κ2) is 4.60. The van der Waals surface area contributed by atoms with E-state index < -0.39 is 0 Å². The fourth-order valence-corrected chi connectivity index (χ4v) is 1.92. The Morgan fingerprint density at radius 1 is 1.32 bits per heavy atom. The normalized spacial score (nSPS) is 10.8. The Balaban J connectivity index is 1.88. The van der Waals surface area contributed by atoms with Crippen molar-refractivity contribution in [2.45, 2.75) is 6.54 Å². The van der Waals surface area contributed by atoms with E-state index in [1.54, 1.807) is 10.9 Å². The fraction of sp³-hybridized carbons (Fsp3) is 0.250. The summed E-state index contributed by atoms with van der Waals surface area (Å²) in [7, 11) is 3.74. The molecule has 7 heteroatoms. The topological polar surface area (TPSA) is 72.1 Å². The van der Waals surface area contributed by atoms with Gasteiger partial charge in [0.15, 0.2) is 11.5 Å². The molecule has 0 saturated heterocycles. The average Bonchev–Trinajstić information content (AvgIpc) is 3.04. The van der Waals surface area contributed by atoms with Crippen molar-refractivity contribution in [2.75, 3.05) is 17.7 Å². The molecule has 0 aliphatic rings. The van der Waals surface area contributed by atoms with Gasteiger partial charge in [0.2, 0.25) is 0 Å². The van der Waals surface area contributed by atoms with Crippen molar-refractivity contribution in [3.05, 3.63) is 36.5 Å². The molecule has 2 N–H and O–H groups in total. The first-order valence-corrected chi connectivity index (χ1v) is 5.99.